The Labute approximate surface area is 112 Å². The molecule has 18 heavy (non-hydrogen) atoms. The van der Waals surface area contributed by atoms with E-state index >= 15 is 0 Å². The second kappa shape index (κ2) is 6.34. The predicted molar refractivity (Wildman–Crippen MR) is 74.1 cm³/mol. The highest BCUT2D eigenvalue weighted by molar-refractivity contribution is 7.13. The molecule has 0 aromatic carbocycles. The van der Waals surface area contributed by atoms with Gasteiger partial charge in [0.15, 0.2) is 0 Å². The summed E-state index contributed by atoms with van der Waals surface area (Å²) in [5.41, 5.74) is 0. The van der Waals surface area contributed by atoms with Crippen molar-refractivity contribution in [1.82, 2.24) is 5.32 Å². The topological polar surface area (TPSA) is 49.3 Å². The SMILES string of the molecule is CC1CCC(CNCc2ccc(C(=O)O)s2)CC1. The number of carbonyl (C=O) groups is 1. The molecular weight excluding hydrogens is 246 g/mol. The van der Waals surface area contributed by atoms with E-state index < -0.39 is 5.97 Å². The highest BCUT2D eigenvalue weighted by Gasteiger charge is 2.17. The molecule has 1 aromatic rings. The van der Waals surface area contributed by atoms with Crippen LogP contribution in [-0.2, 0) is 6.54 Å². The van der Waals surface area contributed by atoms with Gasteiger partial charge in [-0.3, -0.25) is 0 Å². The first-order valence-electron chi connectivity index (χ1n) is 6.68. The minimum absolute atomic E-state index is 0.429. The predicted octanol–water partition coefficient (Wildman–Crippen LogP) is 3.36. The van der Waals surface area contributed by atoms with Gasteiger partial charge >= 0.3 is 5.97 Å². The lowest BCUT2D eigenvalue weighted by atomic mass is 9.83. The summed E-state index contributed by atoms with van der Waals surface area (Å²) < 4.78 is 0. The van der Waals surface area contributed by atoms with Crippen molar-refractivity contribution in [3.63, 3.8) is 0 Å². The minimum atomic E-state index is -0.826. The molecule has 0 bridgehead atoms. The van der Waals surface area contributed by atoms with Gasteiger partial charge in [-0.15, -0.1) is 11.3 Å². The smallest absolute Gasteiger partial charge is 0.345 e. The highest BCUT2D eigenvalue weighted by atomic mass is 32.1. The molecule has 1 fully saturated rings. The van der Waals surface area contributed by atoms with E-state index in [0.29, 0.717) is 4.88 Å². The lowest BCUT2D eigenvalue weighted by Crippen LogP contribution is -2.25. The largest absolute Gasteiger partial charge is 0.477 e. The van der Waals surface area contributed by atoms with Crippen LogP contribution in [0.4, 0.5) is 0 Å². The Balaban J connectivity index is 1.70. The first-order chi connectivity index (χ1) is 8.65. The summed E-state index contributed by atoms with van der Waals surface area (Å²) >= 11 is 1.37. The summed E-state index contributed by atoms with van der Waals surface area (Å²) in [5, 5.41) is 12.3. The molecule has 1 aromatic heterocycles. The van der Waals surface area contributed by atoms with Gasteiger partial charge in [0.05, 0.1) is 0 Å². The Morgan fingerprint density at radius 3 is 2.72 bits per heavy atom. The van der Waals surface area contributed by atoms with Crippen LogP contribution in [0.5, 0.6) is 0 Å². The minimum Gasteiger partial charge on any atom is -0.477 e. The summed E-state index contributed by atoms with van der Waals surface area (Å²) in [4.78, 5) is 12.3. The second-order valence-electron chi connectivity index (χ2n) is 5.33. The molecule has 2 N–H and O–H groups in total. The molecule has 0 spiro atoms. The maximum atomic E-state index is 10.8. The molecule has 1 aliphatic carbocycles. The maximum Gasteiger partial charge on any atom is 0.345 e. The van der Waals surface area contributed by atoms with E-state index in [2.05, 4.69) is 12.2 Å². The molecular formula is C14H21NO2S. The quantitative estimate of drug-likeness (QED) is 0.860. The summed E-state index contributed by atoms with van der Waals surface area (Å²) in [7, 11) is 0. The fourth-order valence-electron chi connectivity index (χ4n) is 2.52. The molecule has 3 nitrogen and oxygen atoms in total. The number of carboxylic acids is 1. The molecule has 0 saturated heterocycles. The average Bonchev–Trinajstić information content (AvgIpc) is 2.81. The van der Waals surface area contributed by atoms with Crippen LogP contribution in [0.2, 0.25) is 0 Å². The summed E-state index contributed by atoms with van der Waals surface area (Å²) in [6, 6.07) is 3.59. The van der Waals surface area contributed by atoms with Crippen LogP contribution in [0.3, 0.4) is 0 Å². The second-order valence-corrected chi connectivity index (χ2v) is 6.50. The van der Waals surface area contributed by atoms with Crippen LogP contribution in [0.15, 0.2) is 12.1 Å². The zero-order chi connectivity index (χ0) is 13.0. The van der Waals surface area contributed by atoms with Crippen LogP contribution in [0.25, 0.3) is 0 Å². The first kappa shape index (κ1) is 13.6. The number of hydrogen-bond donors (Lipinski definition) is 2. The van der Waals surface area contributed by atoms with Gasteiger partial charge in [-0.25, -0.2) is 4.79 Å². The van der Waals surface area contributed by atoms with E-state index in [1.165, 1.54) is 37.0 Å². The van der Waals surface area contributed by atoms with E-state index in [-0.39, 0.29) is 0 Å². The third-order valence-corrected chi connectivity index (χ3v) is 4.81. The Hall–Kier alpha value is -0.870. The Morgan fingerprint density at radius 1 is 1.39 bits per heavy atom. The summed E-state index contributed by atoms with van der Waals surface area (Å²) in [6.07, 6.45) is 5.38. The van der Waals surface area contributed by atoms with Crippen molar-refractivity contribution in [2.24, 2.45) is 11.8 Å². The fraction of sp³-hybridized carbons (Fsp3) is 0.643. The van der Waals surface area contributed by atoms with Gasteiger partial charge in [-0.05, 0) is 43.4 Å². The standard InChI is InChI=1S/C14H21NO2S/c1-10-2-4-11(5-3-10)8-15-9-12-6-7-13(18-12)14(16)17/h6-7,10-11,15H,2-5,8-9H2,1H3,(H,16,17). The Bertz CT molecular complexity index is 394. The van der Waals surface area contributed by atoms with E-state index in [1.807, 2.05) is 6.07 Å². The van der Waals surface area contributed by atoms with Gasteiger partial charge in [-0.1, -0.05) is 19.8 Å². The zero-order valence-electron chi connectivity index (χ0n) is 10.8. The van der Waals surface area contributed by atoms with Crippen LogP contribution >= 0.6 is 11.3 Å². The van der Waals surface area contributed by atoms with E-state index in [9.17, 15) is 4.79 Å². The van der Waals surface area contributed by atoms with Gasteiger partial charge in [-0.2, -0.15) is 0 Å². The van der Waals surface area contributed by atoms with E-state index in [1.54, 1.807) is 6.07 Å². The van der Waals surface area contributed by atoms with Gasteiger partial charge < -0.3 is 10.4 Å². The van der Waals surface area contributed by atoms with Crippen LogP contribution in [0.1, 0.15) is 47.2 Å². The molecule has 1 aliphatic rings. The number of aromatic carboxylic acids is 1. The normalized spacial score (nSPS) is 24.1. The van der Waals surface area contributed by atoms with Gasteiger partial charge in [0.1, 0.15) is 4.88 Å². The third-order valence-electron chi connectivity index (χ3n) is 3.74. The molecule has 100 valence electrons. The molecule has 0 radical (unpaired) electrons. The monoisotopic (exact) mass is 267 g/mol. The molecule has 0 aliphatic heterocycles. The van der Waals surface area contributed by atoms with Gasteiger partial charge in [0.2, 0.25) is 0 Å². The molecule has 0 amide bonds. The van der Waals surface area contributed by atoms with E-state index in [0.717, 1.165) is 29.8 Å². The van der Waals surface area contributed by atoms with Crippen LogP contribution in [0, 0.1) is 11.8 Å². The summed E-state index contributed by atoms with van der Waals surface area (Å²) in [5.74, 6) is 0.879. The van der Waals surface area contributed by atoms with E-state index in [4.69, 9.17) is 5.11 Å². The zero-order valence-corrected chi connectivity index (χ0v) is 11.6. The lowest BCUT2D eigenvalue weighted by molar-refractivity contribution is 0.0702. The average molecular weight is 267 g/mol. The van der Waals surface area contributed by atoms with Crippen molar-refractivity contribution in [3.05, 3.63) is 21.9 Å². The Morgan fingerprint density at radius 2 is 2.11 bits per heavy atom. The summed E-state index contributed by atoms with van der Waals surface area (Å²) in [6.45, 7) is 4.19. The van der Waals surface area contributed by atoms with Crippen LogP contribution in [-0.4, -0.2) is 17.6 Å². The van der Waals surface area contributed by atoms with Crippen molar-refractivity contribution in [2.75, 3.05) is 6.54 Å². The maximum absolute atomic E-state index is 10.8. The first-order valence-corrected chi connectivity index (χ1v) is 7.49. The van der Waals surface area contributed by atoms with Gasteiger partial charge in [0.25, 0.3) is 0 Å². The molecule has 1 saturated carbocycles. The number of nitrogens with one attached hydrogen (secondary N) is 1. The Kier molecular flexibility index (Phi) is 4.78. The number of hydrogen-bond acceptors (Lipinski definition) is 3. The molecule has 0 unspecified atom stereocenters. The number of carboxylic acid groups (broad SMARTS) is 1. The van der Waals surface area contributed by atoms with Crippen molar-refractivity contribution in [1.29, 1.82) is 0 Å². The fourth-order valence-corrected chi connectivity index (χ4v) is 3.34. The molecule has 2 rings (SSSR count). The van der Waals surface area contributed by atoms with Crippen LogP contribution < -0.4 is 5.32 Å². The molecule has 0 atom stereocenters. The number of rotatable bonds is 5. The van der Waals surface area contributed by atoms with Crippen molar-refractivity contribution in [3.8, 4) is 0 Å². The van der Waals surface area contributed by atoms with Crippen molar-refractivity contribution in [2.45, 2.75) is 39.2 Å². The molecule has 4 heteroatoms. The van der Waals surface area contributed by atoms with Crippen molar-refractivity contribution < 1.29 is 9.90 Å². The molecule has 1 heterocycles. The van der Waals surface area contributed by atoms with Gasteiger partial charge in [0, 0.05) is 11.4 Å². The third kappa shape index (κ3) is 3.82. The number of thiophene rings is 1. The highest BCUT2D eigenvalue weighted by Crippen LogP contribution is 2.27. The lowest BCUT2D eigenvalue weighted by Gasteiger charge is -2.26. The van der Waals surface area contributed by atoms with Crippen molar-refractivity contribution >= 4 is 17.3 Å².